The van der Waals surface area contributed by atoms with Gasteiger partial charge in [-0.15, -0.1) is 0 Å². The van der Waals surface area contributed by atoms with Gasteiger partial charge < -0.3 is 9.67 Å². The third kappa shape index (κ3) is 2.40. The van der Waals surface area contributed by atoms with E-state index in [0.29, 0.717) is 24.1 Å². The topological polar surface area (TPSA) is 71.3 Å². The molecule has 1 aromatic heterocycles. The van der Waals surface area contributed by atoms with Crippen LogP contribution in [0.25, 0.3) is 0 Å². The van der Waals surface area contributed by atoms with Crippen molar-refractivity contribution in [3.63, 3.8) is 0 Å². The highest BCUT2D eigenvalue weighted by atomic mass is 32.2. The first kappa shape index (κ1) is 14.1. The summed E-state index contributed by atoms with van der Waals surface area (Å²) in [5.74, 6) is 1.22. The second-order valence-corrected chi connectivity index (χ2v) is 7.73. The molecule has 3 unspecified atom stereocenters. The van der Waals surface area contributed by atoms with Gasteiger partial charge in [-0.05, 0) is 44.1 Å². The standard InChI is InChI=1S/C14H22N2O3S/c1-2-16-8-13(7-12(16)9-17)20(18,19)15-14-6-10-3-4-11(14)5-10/h7-8,10-11,14-15,17H,2-6,9H2,1H3. The maximum atomic E-state index is 12.5. The van der Waals surface area contributed by atoms with E-state index < -0.39 is 10.0 Å². The number of hydrogen-bond acceptors (Lipinski definition) is 3. The highest BCUT2D eigenvalue weighted by Crippen LogP contribution is 2.44. The van der Waals surface area contributed by atoms with Gasteiger partial charge >= 0.3 is 0 Å². The summed E-state index contributed by atoms with van der Waals surface area (Å²) in [7, 11) is -3.47. The van der Waals surface area contributed by atoms with Crippen molar-refractivity contribution < 1.29 is 13.5 Å². The molecule has 0 amide bonds. The first-order valence-electron chi connectivity index (χ1n) is 7.35. The largest absolute Gasteiger partial charge is 0.390 e. The summed E-state index contributed by atoms with van der Waals surface area (Å²) in [6.45, 7) is 2.44. The van der Waals surface area contributed by atoms with E-state index in [1.165, 1.54) is 12.8 Å². The number of aryl methyl sites for hydroxylation is 1. The van der Waals surface area contributed by atoms with E-state index in [0.717, 1.165) is 12.8 Å². The molecule has 112 valence electrons. The molecule has 5 nitrogen and oxygen atoms in total. The first-order valence-corrected chi connectivity index (χ1v) is 8.84. The van der Waals surface area contributed by atoms with Gasteiger partial charge in [0.15, 0.2) is 0 Å². The van der Waals surface area contributed by atoms with E-state index in [9.17, 15) is 13.5 Å². The zero-order chi connectivity index (χ0) is 14.3. The van der Waals surface area contributed by atoms with E-state index >= 15 is 0 Å². The molecule has 3 atom stereocenters. The molecule has 2 saturated carbocycles. The molecule has 2 aliphatic carbocycles. The fourth-order valence-electron chi connectivity index (χ4n) is 3.76. The van der Waals surface area contributed by atoms with Crippen LogP contribution >= 0.6 is 0 Å². The lowest BCUT2D eigenvalue weighted by atomic mass is 9.96. The summed E-state index contributed by atoms with van der Waals surface area (Å²) in [5, 5.41) is 9.26. The van der Waals surface area contributed by atoms with Crippen LogP contribution in [0, 0.1) is 11.8 Å². The molecular formula is C14H22N2O3S. The average Bonchev–Trinajstić information content (AvgIpc) is 3.12. The zero-order valence-electron chi connectivity index (χ0n) is 11.7. The van der Waals surface area contributed by atoms with Gasteiger partial charge in [-0.3, -0.25) is 0 Å². The Bertz CT molecular complexity index is 572. The molecule has 6 heteroatoms. The van der Waals surface area contributed by atoms with Crippen molar-refractivity contribution in [2.75, 3.05) is 0 Å². The molecule has 1 heterocycles. The van der Waals surface area contributed by atoms with Crippen LogP contribution in [0.15, 0.2) is 17.2 Å². The van der Waals surface area contributed by atoms with Gasteiger partial charge in [0.2, 0.25) is 10.0 Å². The smallest absolute Gasteiger partial charge is 0.242 e. The number of aliphatic hydroxyl groups is 1. The molecule has 20 heavy (non-hydrogen) atoms. The van der Waals surface area contributed by atoms with E-state index in [-0.39, 0.29) is 17.5 Å². The lowest BCUT2D eigenvalue weighted by molar-refractivity contribution is 0.271. The predicted octanol–water partition coefficient (Wildman–Crippen LogP) is 1.47. The fraction of sp³-hybridized carbons (Fsp3) is 0.714. The number of nitrogens with one attached hydrogen (secondary N) is 1. The van der Waals surface area contributed by atoms with Crippen molar-refractivity contribution in [3.8, 4) is 0 Å². The van der Waals surface area contributed by atoms with Crippen LogP contribution in [0.3, 0.4) is 0 Å². The average molecular weight is 298 g/mol. The van der Waals surface area contributed by atoms with Crippen molar-refractivity contribution >= 4 is 10.0 Å². The van der Waals surface area contributed by atoms with Crippen LogP contribution in [0.1, 0.15) is 38.3 Å². The summed E-state index contributed by atoms with van der Waals surface area (Å²) in [6.07, 6.45) is 6.16. The van der Waals surface area contributed by atoms with E-state index in [4.69, 9.17) is 0 Å². The molecule has 0 saturated heterocycles. The Morgan fingerprint density at radius 3 is 2.70 bits per heavy atom. The normalized spacial score (nSPS) is 29.2. The van der Waals surface area contributed by atoms with Gasteiger partial charge in [0.1, 0.15) is 0 Å². The summed E-state index contributed by atoms with van der Waals surface area (Å²) in [6, 6.07) is 1.67. The highest BCUT2D eigenvalue weighted by Gasteiger charge is 2.41. The minimum Gasteiger partial charge on any atom is -0.390 e. The molecular weight excluding hydrogens is 276 g/mol. The van der Waals surface area contributed by atoms with Gasteiger partial charge in [-0.25, -0.2) is 13.1 Å². The van der Waals surface area contributed by atoms with Crippen LogP contribution < -0.4 is 4.72 Å². The number of aliphatic hydroxyl groups excluding tert-OH is 1. The Balaban J connectivity index is 1.79. The second kappa shape index (κ2) is 5.16. The highest BCUT2D eigenvalue weighted by molar-refractivity contribution is 7.89. The molecule has 0 aromatic carbocycles. The number of rotatable bonds is 5. The number of sulfonamides is 1. The zero-order valence-corrected chi connectivity index (χ0v) is 12.6. The lowest BCUT2D eigenvalue weighted by Gasteiger charge is -2.22. The van der Waals surface area contributed by atoms with Crippen LogP contribution in [-0.2, 0) is 23.2 Å². The van der Waals surface area contributed by atoms with Crippen molar-refractivity contribution in [1.82, 2.24) is 9.29 Å². The van der Waals surface area contributed by atoms with Gasteiger partial charge in [0.05, 0.1) is 11.5 Å². The maximum Gasteiger partial charge on any atom is 0.242 e. The van der Waals surface area contributed by atoms with Gasteiger partial charge in [-0.1, -0.05) is 6.42 Å². The minimum atomic E-state index is -3.47. The summed E-state index contributed by atoms with van der Waals surface area (Å²) in [5.41, 5.74) is 0.640. The number of nitrogens with zero attached hydrogens (tertiary/aromatic N) is 1. The van der Waals surface area contributed by atoms with Gasteiger partial charge in [-0.2, -0.15) is 0 Å². The molecule has 3 rings (SSSR count). The number of fused-ring (bicyclic) bond motifs is 2. The third-order valence-corrected chi connectivity index (χ3v) is 6.28. The van der Waals surface area contributed by atoms with Gasteiger partial charge in [0.25, 0.3) is 0 Å². The molecule has 2 N–H and O–H groups in total. The molecule has 0 radical (unpaired) electrons. The Labute approximate surface area is 120 Å². The fourth-order valence-corrected chi connectivity index (χ4v) is 5.14. The second-order valence-electron chi connectivity index (χ2n) is 6.01. The van der Waals surface area contributed by atoms with E-state index in [1.54, 1.807) is 16.8 Å². The molecule has 2 bridgehead atoms. The quantitative estimate of drug-likeness (QED) is 0.864. The summed E-state index contributed by atoms with van der Waals surface area (Å²) in [4.78, 5) is 0.270. The monoisotopic (exact) mass is 298 g/mol. The van der Waals surface area contributed by atoms with E-state index in [1.807, 2.05) is 6.92 Å². The number of aromatic nitrogens is 1. The van der Waals surface area contributed by atoms with E-state index in [2.05, 4.69) is 4.72 Å². The summed E-state index contributed by atoms with van der Waals surface area (Å²) < 4.78 is 29.6. The van der Waals surface area contributed by atoms with Gasteiger partial charge in [0, 0.05) is 24.5 Å². The minimum absolute atomic E-state index is 0.0984. The lowest BCUT2D eigenvalue weighted by Crippen LogP contribution is -2.38. The van der Waals surface area contributed by atoms with Crippen LogP contribution in [0.5, 0.6) is 0 Å². The Hall–Kier alpha value is -0.850. The maximum absolute atomic E-state index is 12.5. The van der Waals surface area contributed by atoms with Crippen molar-refractivity contribution in [1.29, 1.82) is 0 Å². The number of hydrogen-bond donors (Lipinski definition) is 2. The Morgan fingerprint density at radius 1 is 1.40 bits per heavy atom. The third-order valence-electron chi connectivity index (χ3n) is 4.82. The van der Waals surface area contributed by atoms with Crippen LogP contribution in [-0.4, -0.2) is 24.1 Å². The Morgan fingerprint density at radius 2 is 2.20 bits per heavy atom. The first-order chi connectivity index (χ1) is 9.53. The van der Waals surface area contributed by atoms with Crippen molar-refractivity contribution in [2.45, 2.75) is 56.7 Å². The van der Waals surface area contributed by atoms with Crippen LogP contribution in [0.2, 0.25) is 0 Å². The predicted molar refractivity (Wildman–Crippen MR) is 75.6 cm³/mol. The summed E-state index contributed by atoms with van der Waals surface area (Å²) >= 11 is 0. The molecule has 2 fully saturated rings. The van der Waals surface area contributed by atoms with Crippen LogP contribution in [0.4, 0.5) is 0 Å². The molecule has 0 aliphatic heterocycles. The Kier molecular flexibility index (Phi) is 3.64. The SMILES string of the molecule is CCn1cc(S(=O)(=O)NC2CC3CCC2C3)cc1CO. The van der Waals surface area contributed by atoms with Crippen molar-refractivity contribution in [3.05, 3.63) is 18.0 Å². The molecule has 0 spiro atoms. The van der Waals surface area contributed by atoms with Crippen molar-refractivity contribution in [2.24, 2.45) is 11.8 Å². The molecule has 2 aliphatic rings. The molecule has 1 aromatic rings.